The molecule has 0 spiro atoms. The number of hydrogen-bond acceptors (Lipinski definition) is 3. The van der Waals surface area contributed by atoms with E-state index >= 15 is 0 Å². The lowest BCUT2D eigenvalue weighted by atomic mass is 9.94. The monoisotopic (exact) mass is 454 g/mol. The minimum Gasteiger partial charge on any atom is -0.489 e. The maximum Gasteiger partial charge on any atom is 0.253 e. The molecule has 0 saturated carbocycles. The molecule has 2 amide bonds. The Hall–Kier alpha value is -2.53. The molecule has 2 fully saturated rings. The van der Waals surface area contributed by atoms with E-state index < -0.39 is 0 Å². The number of hydrogen-bond donors (Lipinski definition) is 0. The van der Waals surface area contributed by atoms with E-state index in [1.165, 1.54) is 12.8 Å². The predicted molar refractivity (Wildman–Crippen MR) is 126 cm³/mol. The van der Waals surface area contributed by atoms with Gasteiger partial charge in [-0.25, -0.2) is 0 Å². The molecule has 0 unspecified atom stereocenters. The summed E-state index contributed by atoms with van der Waals surface area (Å²) >= 11 is 5.89. The van der Waals surface area contributed by atoms with E-state index in [9.17, 15) is 9.59 Å². The SMILES string of the molecule is O=C(c1ccc(COc2ccc(Cl)cc2)cc1)N1CCC(C(=O)N2CCCCCC2)CC1. The lowest BCUT2D eigenvalue weighted by molar-refractivity contribution is -0.136. The molecule has 6 heteroatoms. The molecule has 0 atom stereocenters. The van der Waals surface area contributed by atoms with Gasteiger partial charge < -0.3 is 14.5 Å². The maximum atomic E-state index is 12.9. The molecular weight excluding hydrogens is 424 g/mol. The van der Waals surface area contributed by atoms with Crippen LogP contribution in [-0.2, 0) is 11.4 Å². The fourth-order valence-corrected chi connectivity index (χ4v) is 4.63. The number of carbonyl (C=O) groups excluding carboxylic acids is 2. The molecule has 32 heavy (non-hydrogen) atoms. The van der Waals surface area contributed by atoms with Crippen molar-refractivity contribution in [3.63, 3.8) is 0 Å². The molecule has 4 rings (SSSR count). The molecule has 2 aliphatic rings. The zero-order valence-electron chi connectivity index (χ0n) is 18.5. The van der Waals surface area contributed by atoms with Crippen molar-refractivity contribution in [1.29, 1.82) is 0 Å². The smallest absolute Gasteiger partial charge is 0.253 e. The van der Waals surface area contributed by atoms with E-state index in [1.807, 2.05) is 41.3 Å². The molecule has 170 valence electrons. The average molecular weight is 455 g/mol. The van der Waals surface area contributed by atoms with Gasteiger partial charge in [0.2, 0.25) is 5.91 Å². The van der Waals surface area contributed by atoms with Crippen LogP contribution in [0.15, 0.2) is 48.5 Å². The van der Waals surface area contributed by atoms with Crippen molar-refractivity contribution >= 4 is 23.4 Å². The minimum absolute atomic E-state index is 0.0378. The van der Waals surface area contributed by atoms with Crippen molar-refractivity contribution in [2.75, 3.05) is 26.2 Å². The van der Waals surface area contributed by atoms with Crippen LogP contribution in [0.4, 0.5) is 0 Å². The quantitative estimate of drug-likeness (QED) is 0.625. The maximum absolute atomic E-state index is 12.9. The molecule has 0 bridgehead atoms. The first kappa shape index (κ1) is 22.7. The zero-order valence-corrected chi connectivity index (χ0v) is 19.2. The second kappa shape index (κ2) is 10.9. The Morgan fingerprint density at radius 1 is 0.812 bits per heavy atom. The van der Waals surface area contributed by atoms with Crippen LogP contribution in [0.2, 0.25) is 5.02 Å². The lowest BCUT2D eigenvalue weighted by Crippen LogP contribution is -2.44. The number of halogens is 1. The Morgan fingerprint density at radius 3 is 2.06 bits per heavy atom. The summed E-state index contributed by atoms with van der Waals surface area (Å²) in [6.45, 7) is 3.51. The number of benzene rings is 2. The third-order valence-electron chi connectivity index (χ3n) is 6.47. The predicted octanol–water partition coefficient (Wildman–Crippen LogP) is 5.17. The fourth-order valence-electron chi connectivity index (χ4n) is 4.50. The van der Waals surface area contributed by atoms with Gasteiger partial charge in [-0.2, -0.15) is 0 Å². The second-order valence-electron chi connectivity index (χ2n) is 8.75. The Bertz CT molecular complexity index is 898. The van der Waals surface area contributed by atoms with Crippen LogP contribution in [0.5, 0.6) is 5.75 Å². The topological polar surface area (TPSA) is 49.9 Å². The summed E-state index contributed by atoms with van der Waals surface area (Å²) in [5.74, 6) is 1.15. The molecule has 0 aliphatic carbocycles. The molecule has 0 N–H and O–H groups in total. The van der Waals surface area contributed by atoms with Crippen molar-refractivity contribution in [2.24, 2.45) is 5.92 Å². The molecule has 2 heterocycles. The molecule has 0 radical (unpaired) electrons. The molecule has 5 nitrogen and oxygen atoms in total. The summed E-state index contributed by atoms with van der Waals surface area (Å²) in [7, 11) is 0. The van der Waals surface area contributed by atoms with Crippen LogP contribution >= 0.6 is 11.6 Å². The first-order valence-electron chi connectivity index (χ1n) is 11.7. The third-order valence-corrected chi connectivity index (χ3v) is 6.72. The lowest BCUT2D eigenvalue weighted by Gasteiger charge is -2.34. The van der Waals surface area contributed by atoms with Crippen LogP contribution < -0.4 is 4.74 Å². The largest absolute Gasteiger partial charge is 0.489 e. The summed E-state index contributed by atoms with van der Waals surface area (Å²) in [6.07, 6.45) is 6.20. The van der Waals surface area contributed by atoms with Crippen molar-refractivity contribution in [1.82, 2.24) is 9.80 Å². The Morgan fingerprint density at radius 2 is 1.44 bits per heavy atom. The van der Waals surface area contributed by atoms with Crippen molar-refractivity contribution < 1.29 is 14.3 Å². The summed E-state index contributed by atoms with van der Waals surface area (Å²) < 4.78 is 5.77. The van der Waals surface area contributed by atoms with Crippen LogP contribution in [0.25, 0.3) is 0 Å². The standard InChI is InChI=1S/C26H31ClN2O3/c27-23-9-11-24(12-10-23)32-19-20-5-7-21(8-6-20)25(30)29-17-13-22(14-18-29)26(31)28-15-3-1-2-4-16-28/h5-12,22H,1-4,13-19H2. The highest BCUT2D eigenvalue weighted by Gasteiger charge is 2.30. The molecule has 2 aliphatic heterocycles. The van der Waals surface area contributed by atoms with Gasteiger partial charge in [-0.15, -0.1) is 0 Å². The normalized spacial score (nSPS) is 17.7. The highest BCUT2D eigenvalue weighted by atomic mass is 35.5. The Balaban J connectivity index is 1.26. The van der Waals surface area contributed by atoms with Crippen molar-refractivity contribution in [2.45, 2.75) is 45.1 Å². The van der Waals surface area contributed by atoms with E-state index in [1.54, 1.807) is 12.1 Å². The van der Waals surface area contributed by atoms with Gasteiger partial charge in [0.1, 0.15) is 12.4 Å². The number of rotatable bonds is 5. The average Bonchev–Trinajstić information content (AvgIpc) is 3.13. The number of amides is 2. The fraction of sp³-hybridized carbons (Fsp3) is 0.462. The summed E-state index contributed by atoms with van der Waals surface area (Å²) in [4.78, 5) is 29.7. The summed E-state index contributed by atoms with van der Waals surface area (Å²) in [5, 5.41) is 0.676. The molecular formula is C26H31ClN2O3. The number of ether oxygens (including phenoxy) is 1. The number of piperidine rings is 1. The highest BCUT2D eigenvalue weighted by molar-refractivity contribution is 6.30. The van der Waals surface area contributed by atoms with E-state index in [2.05, 4.69) is 4.90 Å². The van der Waals surface area contributed by atoms with Crippen LogP contribution in [0.3, 0.4) is 0 Å². The van der Waals surface area contributed by atoms with Gasteiger partial charge in [-0.1, -0.05) is 36.6 Å². The van der Waals surface area contributed by atoms with E-state index in [0.29, 0.717) is 36.2 Å². The van der Waals surface area contributed by atoms with Gasteiger partial charge >= 0.3 is 0 Å². The van der Waals surface area contributed by atoms with Crippen molar-refractivity contribution in [3.05, 3.63) is 64.7 Å². The molecule has 2 saturated heterocycles. The number of likely N-dealkylation sites (tertiary alicyclic amines) is 2. The van der Waals surface area contributed by atoms with Gasteiger partial charge in [0.05, 0.1) is 0 Å². The number of nitrogens with zero attached hydrogens (tertiary/aromatic N) is 2. The van der Waals surface area contributed by atoms with E-state index in [4.69, 9.17) is 16.3 Å². The minimum atomic E-state index is 0.0378. The van der Waals surface area contributed by atoms with Gasteiger partial charge in [-0.3, -0.25) is 9.59 Å². The van der Waals surface area contributed by atoms with Gasteiger partial charge in [-0.05, 0) is 67.6 Å². The summed E-state index contributed by atoms with van der Waals surface area (Å²) in [5.41, 5.74) is 1.68. The zero-order chi connectivity index (χ0) is 22.3. The number of carbonyl (C=O) groups is 2. The van der Waals surface area contributed by atoms with Gasteiger partial charge in [0.25, 0.3) is 5.91 Å². The Kier molecular flexibility index (Phi) is 7.69. The van der Waals surface area contributed by atoms with Crippen LogP contribution in [-0.4, -0.2) is 47.8 Å². The molecule has 0 aromatic heterocycles. The Labute approximate surface area is 195 Å². The van der Waals surface area contributed by atoms with Crippen LogP contribution in [0.1, 0.15) is 54.4 Å². The molecule has 2 aromatic rings. The third kappa shape index (κ3) is 5.83. The van der Waals surface area contributed by atoms with Gasteiger partial charge in [0, 0.05) is 42.7 Å². The van der Waals surface area contributed by atoms with Crippen LogP contribution in [0, 0.1) is 5.92 Å². The highest BCUT2D eigenvalue weighted by Crippen LogP contribution is 2.23. The first-order valence-corrected chi connectivity index (χ1v) is 12.0. The van der Waals surface area contributed by atoms with E-state index in [-0.39, 0.29) is 11.8 Å². The second-order valence-corrected chi connectivity index (χ2v) is 9.18. The molecule has 2 aromatic carbocycles. The summed E-state index contributed by atoms with van der Waals surface area (Å²) in [6, 6.07) is 14.8. The first-order chi connectivity index (χ1) is 15.6. The van der Waals surface area contributed by atoms with Gasteiger partial charge in [0.15, 0.2) is 0 Å². The van der Waals surface area contributed by atoms with E-state index in [0.717, 1.165) is 50.1 Å². The van der Waals surface area contributed by atoms with Crippen molar-refractivity contribution in [3.8, 4) is 5.75 Å².